The fourth-order valence-corrected chi connectivity index (χ4v) is 2.55. The van der Waals surface area contributed by atoms with E-state index in [1.807, 2.05) is 0 Å². The molecule has 0 atom stereocenters. The SMILES string of the molecule is C#CCCNS(=O)(=O)c1cc(N)ccc1OCC. The Hall–Kier alpha value is -1.71. The molecule has 0 bridgehead atoms. The van der Waals surface area contributed by atoms with Crippen LogP contribution in [0.4, 0.5) is 5.69 Å². The molecule has 0 heterocycles. The highest BCUT2D eigenvalue weighted by molar-refractivity contribution is 7.89. The number of hydrogen-bond donors (Lipinski definition) is 2. The summed E-state index contributed by atoms with van der Waals surface area (Å²) in [6.45, 7) is 2.33. The third-order valence-corrected chi connectivity index (χ3v) is 3.60. The second kappa shape index (κ2) is 6.28. The van der Waals surface area contributed by atoms with Gasteiger partial charge in [-0.05, 0) is 25.1 Å². The molecule has 18 heavy (non-hydrogen) atoms. The molecule has 0 aliphatic heterocycles. The van der Waals surface area contributed by atoms with E-state index in [0.717, 1.165) is 0 Å². The molecule has 1 aromatic rings. The van der Waals surface area contributed by atoms with Crippen molar-refractivity contribution in [3.05, 3.63) is 18.2 Å². The van der Waals surface area contributed by atoms with Gasteiger partial charge in [-0.2, -0.15) is 0 Å². The molecule has 0 aliphatic carbocycles. The van der Waals surface area contributed by atoms with Crippen LogP contribution in [0.15, 0.2) is 23.1 Å². The summed E-state index contributed by atoms with van der Waals surface area (Å²) in [5.74, 6) is 2.64. The number of anilines is 1. The summed E-state index contributed by atoms with van der Waals surface area (Å²) < 4.78 is 31.7. The van der Waals surface area contributed by atoms with Gasteiger partial charge in [-0.25, -0.2) is 13.1 Å². The van der Waals surface area contributed by atoms with E-state index in [-0.39, 0.29) is 17.2 Å². The number of nitrogens with two attached hydrogens (primary N) is 1. The number of nitrogens with one attached hydrogen (secondary N) is 1. The first kappa shape index (κ1) is 14.4. The molecule has 0 aromatic heterocycles. The molecular formula is C12H16N2O3S. The summed E-state index contributed by atoms with van der Waals surface area (Å²) in [5.41, 5.74) is 5.95. The van der Waals surface area contributed by atoms with Crippen LogP contribution in [0.5, 0.6) is 5.75 Å². The van der Waals surface area contributed by atoms with Gasteiger partial charge in [0.25, 0.3) is 0 Å². The maximum absolute atomic E-state index is 12.0. The Morgan fingerprint density at radius 1 is 1.50 bits per heavy atom. The van der Waals surface area contributed by atoms with Crippen LogP contribution in [-0.2, 0) is 10.0 Å². The minimum absolute atomic E-state index is 0.0290. The van der Waals surface area contributed by atoms with Crippen molar-refractivity contribution in [3.8, 4) is 18.1 Å². The Balaban J connectivity index is 3.06. The van der Waals surface area contributed by atoms with Crippen LogP contribution in [0.2, 0.25) is 0 Å². The number of nitrogen functional groups attached to an aromatic ring is 1. The van der Waals surface area contributed by atoms with Gasteiger partial charge < -0.3 is 10.5 Å². The van der Waals surface area contributed by atoms with E-state index < -0.39 is 10.0 Å². The predicted molar refractivity (Wildman–Crippen MR) is 70.7 cm³/mol. The van der Waals surface area contributed by atoms with Crippen molar-refractivity contribution in [1.82, 2.24) is 4.72 Å². The smallest absolute Gasteiger partial charge is 0.244 e. The van der Waals surface area contributed by atoms with Gasteiger partial charge >= 0.3 is 0 Å². The molecule has 0 saturated carbocycles. The summed E-state index contributed by atoms with van der Waals surface area (Å²) in [4.78, 5) is 0.0290. The van der Waals surface area contributed by atoms with Crippen molar-refractivity contribution in [1.29, 1.82) is 0 Å². The number of rotatable bonds is 6. The normalized spacial score (nSPS) is 10.9. The number of terminal acetylenes is 1. The first-order chi connectivity index (χ1) is 8.51. The standard InChI is InChI=1S/C12H16N2O3S/c1-3-5-8-14-18(15,16)12-9-10(13)6-7-11(12)17-4-2/h1,6-7,9,14H,4-5,8,13H2,2H3. The van der Waals surface area contributed by atoms with Crippen LogP contribution in [0.1, 0.15) is 13.3 Å². The van der Waals surface area contributed by atoms with Gasteiger partial charge in [-0.15, -0.1) is 12.3 Å². The number of hydrogen-bond acceptors (Lipinski definition) is 4. The van der Waals surface area contributed by atoms with Crippen LogP contribution in [0, 0.1) is 12.3 Å². The Bertz CT molecular complexity index is 547. The Labute approximate surface area is 107 Å². The summed E-state index contributed by atoms with van der Waals surface area (Å²) in [6.07, 6.45) is 5.39. The van der Waals surface area contributed by atoms with E-state index in [0.29, 0.717) is 18.7 Å². The zero-order valence-electron chi connectivity index (χ0n) is 10.1. The monoisotopic (exact) mass is 268 g/mol. The molecule has 0 spiro atoms. The highest BCUT2D eigenvalue weighted by Gasteiger charge is 2.19. The topological polar surface area (TPSA) is 81.4 Å². The minimum atomic E-state index is -3.66. The van der Waals surface area contributed by atoms with E-state index in [9.17, 15) is 8.42 Å². The highest BCUT2D eigenvalue weighted by atomic mass is 32.2. The van der Waals surface area contributed by atoms with Crippen molar-refractivity contribution < 1.29 is 13.2 Å². The number of sulfonamides is 1. The van der Waals surface area contributed by atoms with E-state index >= 15 is 0 Å². The quantitative estimate of drug-likeness (QED) is 0.457. The zero-order valence-corrected chi connectivity index (χ0v) is 11.0. The van der Waals surface area contributed by atoms with Crippen molar-refractivity contribution in [3.63, 3.8) is 0 Å². The molecule has 5 nitrogen and oxygen atoms in total. The van der Waals surface area contributed by atoms with Gasteiger partial charge in [0.15, 0.2) is 0 Å². The molecule has 6 heteroatoms. The molecule has 0 radical (unpaired) electrons. The molecule has 1 rings (SSSR count). The third-order valence-electron chi connectivity index (χ3n) is 2.12. The van der Waals surface area contributed by atoms with Gasteiger partial charge in [0, 0.05) is 18.7 Å². The summed E-state index contributed by atoms with van der Waals surface area (Å²) in [6, 6.07) is 4.49. The number of benzene rings is 1. The lowest BCUT2D eigenvalue weighted by atomic mass is 10.3. The maximum Gasteiger partial charge on any atom is 0.244 e. The minimum Gasteiger partial charge on any atom is -0.492 e. The molecule has 3 N–H and O–H groups in total. The molecule has 0 fully saturated rings. The molecule has 0 unspecified atom stereocenters. The highest BCUT2D eigenvalue weighted by Crippen LogP contribution is 2.26. The van der Waals surface area contributed by atoms with Crippen LogP contribution in [-0.4, -0.2) is 21.6 Å². The van der Waals surface area contributed by atoms with Crippen molar-refractivity contribution in [2.24, 2.45) is 0 Å². The lowest BCUT2D eigenvalue weighted by Gasteiger charge is -2.12. The zero-order chi connectivity index (χ0) is 13.6. The van der Waals surface area contributed by atoms with E-state index in [2.05, 4.69) is 10.6 Å². The fourth-order valence-electron chi connectivity index (χ4n) is 1.34. The van der Waals surface area contributed by atoms with E-state index in [1.165, 1.54) is 12.1 Å². The lowest BCUT2D eigenvalue weighted by molar-refractivity contribution is 0.331. The second-order valence-electron chi connectivity index (χ2n) is 3.49. The first-order valence-electron chi connectivity index (χ1n) is 5.46. The van der Waals surface area contributed by atoms with Gasteiger partial charge in [-0.3, -0.25) is 0 Å². The molecule has 0 amide bonds. The van der Waals surface area contributed by atoms with Gasteiger partial charge in [-0.1, -0.05) is 0 Å². The van der Waals surface area contributed by atoms with E-state index in [1.54, 1.807) is 13.0 Å². The number of ether oxygens (including phenoxy) is 1. The molecule has 98 valence electrons. The third kappa shape index (κ3) is 3.65. The Morgan fingerprint density at radius 2 is 2.22 bits per heavy atom. The van der Waals surface area contributed by atoms with Gasteiger partial charge in [0.05, 0.1) is 6.61 Å². The average Bonchev–Trinajstić information content (AvgIpc) is 2.32. The molecule has 0 saturated heterocycles. The van der Waals surface area contributed by atoms with Crippen molar-refractivity contribution >= 4 is 15.7 Å². The molecule has 1 aromatic carbocycles. The van der Waals surface area contributed by atoms with Crippen LogP contribution >= 0.6 is 0 Å². The van der Waals surface area contributed by atoms with Crippen molar-refractivity contribution in [2.75, 3.05) is 18.9 Å². The lowest BCUT2D eigenvalue weighted by Crippen LogP contribution is -2.25. The van der Waals surface area contributed by atoms with Gasteiger partial charge in [0.1, 0.15) is 10.6 Å². The average molecular weight is 268 g/mol. The molecular weight excluding hydrogens is 252 g/mol. The summed E-state index contributed by atoms with van der Waals surface area (Å²) in [5, 5.41) is 0. The summed E-state index contributed by atoms with van der Waals surface area (Å²) >= 11 is 0. The second-order valence-corrected chi connectivity index (χ2v) is 5.23. The Morgan fingerprint density at radius 3 is 2.83 bits per heavy atom. The van der Waals surface area contributed by atoms with Gasteiger partial charge in [0.2, 0.25) is 10.0 Å². The van der Waals surface area contributed by atoms with Crippen LogP contribution < -0.4 is 15.2 Å². The fraction of sp³-hybridized carbons (Fsp3) is 0.333. The molecule has 0 aliphatic rings. The van der Waals surface area contributed by atoms with Crippen LogP contribution in [0.3, 0.4) is 0 Å². The van der Waals surface area contributed by atoms with E-state index in [4.69, 9.17) is 16.9 Å². The first-order valence-corrected chi connectivity index (χ1v) is 6.95. The predicted octanol–water partition coefficient (Wildman–Crippen LogP) is 0.969. The van der Waals surface area contributed by atoms with Crippen molar-refractivity contribution in [2.45, 2.75) is 18.2 Å². The largest absolute Gasteiger partial charge is 0.492 e. The van der Waals surface area contributed by atoms with Crippen LogP contribution in [0.25, 0.3) is 0 Å². The Kier molecular flexibility index (Phi) is 5.01. The maximum atomic E-state index is 12.0. The summed E-state index contributed by atoms with van der Waals surface area (Å²) in [7, 11) is -3.66.